The summed E-state index contributed by atoms with van der Waals surface area (Å²) in [6, 6.07) is 4.43. The molecule has 13 atom stereocenters. The van der Waals surface area contributed by atoms with Gasteiger partial charge in [0.05, 0.1) is 78.0 Å². The molecule has 0 aliphatic carbocycles. The Balaban J connectivity index is 1.41. The number of amides is 9. The molecular weight excluding hydrogens is 1160 g/mol. The molecular formula is C60H82N10O17S. The summed E-state index contributed by atoms with van der Waals surface area (Å²) in [5.41, 5.74) is 7.13. The Bertz CT molecular complexity index is 3150. The first kappa shape index (κ1) is 69.2. The first-order valence-electron chi connectivity index (χ1n) is 29.6. The molecule has 0 saturated carbocycles. The Morgan fingerprint density at radius 3 is 2.14 bits per heavy atom. The van der Waals surface area contributed by atoms with Crippen molar-refractivity contribution in [2.24, 2.45) is 41.2 Å². The molecule has 6 rings (SSSR count). The van der Waals surface area contributed by atoms with Gasteiger partial charge in [-0.05, 0) is 53.6 Å². The number of aliphatic hydroxyl groups excluding tert-OH is 3. The van der Waals surface area contributed by atoms with Crippen molar-refractivity contribution in [2.75, 3.05) is 37.3 Å². The van der Waals surface area contributed by atoms with Gasteiger partial charge in [-0.15, -0.1) is 0 Å². The number of nitrogens with zero attached hydrogens (tertiary/aromatic N) is 1. The van der Waals surface area contributed by atoms with Crippen molar-refractivity contribution in [3.8, 4) is 5.75 Å². The maximum Gasteiger partial charge on any atom is 0.243 e. The fourth-order valence-corrected chi connectivity index (χ4v) is 12.3. The van der Waals surface area contributed by atoms with Crippen molar-refractivity contribution in [1.29, 1.82) is 0 Å². The summed E-state index contributed by atoms with van der Waals surface area (Å²) >= 11 is 0. The number of nitrogens with one attached hydrogen (secondary N) is 8. The van der Waals surface area contributed by atoms with Crippen molar-refractivity contribution in [3.63, 3.8) is 0 Å². The van der Waals surface area contributed by atoms with E-state index in [1.165, 1.54) is 6.92 Å². The van der Waals surface area contributed by atoms with Crippen LogP contribution in [0.4, 0.5) is 5.69 Å². The van der Waals surface area contributed by atoms with E-state index in [4.69, 9.17) is 10.5 Å². The summed E-state index contributed by atoms with van der Waals surface area (Å²) in [5.74, 6) is -15.6. The van der Waals surface area contributed by atoms with Crippen molar-refractivity contribution in [1.82, 2.24) is 41.8 Å². The average Bonchev–Trinajstić information content (AvgIpc) is 1.90. The molecule has 88 heavy (non-hydrogen) atoms. The van der Waals surface area contributed by atoms with E-state index in [2.05, 4.69) is 42.2 Å². The number of nitrogens with two attached hydrogens (primary N) is 1. The first-order valence-corrected chi connectivity index (χ1v) is 30.9. The predicted molar refractivity (Wildman–Crippen MR) is 318 cm³/mol. The van der Waals surface area contributed by atoms with E-state index >= 15 is 4.21 Å². The third-order valence-electron chi connectivity index (χ3n) is 16.3. The second-order valence-corrected chi connectivity index (χ2v) is 24.9. The molecule has 2 aromatic carbocycles. The maximum atomic E-state index is 15.2. The number of rotatable bonds is 18. The fraction of sp³-hybridized carbons (Fsp3) is 0.567. The molecule has 480 valence electrons. The molecule has 0 radical (unpaired) electrons. The van der Waals surface area contributed by atoms with Gasteiger partial charge in [-0.25, -0.2) is 0 Å². The molecule has 1 aromatic heterocycles. The zero-order chi connectivity index (χ0) is 64.8. The summed E-state index contributed by atoms with van der Waals surface area (Å²) < 4.78 is 21.4. The molecule has 9 amide bonds. The van der Waals surface area contributed by atoms with Gasteiger partial charge in [-0.1, -0.05) is 67.0 Å². The number of benzene rings is 2. The minimum absolute atomic E-state index is 0.0174. The van der Waals surface area contributed by atoms with Crippen molar-refractivity contribution in [2.45, 2.75) is 154 Å². The smallest absolute Gasteiger partial charge is 0.243 e. The monoisotopic (exact) mass is 1250 g/mol. The Hall–Kier alpha value is -7.95. The molecule has 3 aliphatic heterocycles. The summed E-state index contributed by atoms with van der Waals surface area (Å²) in [4.78, 5) is 169. The Labute approximate surface area is 511 Å². The Morgan fingerprint density at radius 1 is 0.830 bits per heavy atom. The van der Waals surface area contributed by atoms with Crippen LogP contribution >= 0.6 is 0 Å². The van der Waals surface area contributed by atoms with E-state index in [0.717, 1.165) is 4.90 Å². The van der Waals surface area contributed by atoms with Gasteiger partial charge in [-0.2, -0.15) is 0 Å². The van der Waals surface area contributed by atoms with E-state index in [1.807, 2.05) is 13.8 Å². The number of ether oxygens (including phenoxy) is 1. The number of aliphatic hydroxyl groups is 3. The van der Waals surface area contributed by atoms with E-state index in [9.17, 15) is 72.9 Å². The second kappa shape index (κ2) is 31.3. The standard InChI is InChI=1S/C60H82N10O17S/c1-8-30(5)53-58(84)63-23-50(79)65-42-28-88(86)59-40(39-15-14-38(22-41(39)66-59)87-27-33-10-12-36(13-11-33)64-55(81)31(6)16-45(74)52(29(3)4)67-49(78)9-2)17-34(56(82)62-24-51(80)68-53)18-46(75)54(32(7)47(76)26-71)69-57(83)43-21-37(72)25-70(43)60(85)35(19-44(42)73)20-48(61)77/h10-15,22,29-32,34-35,37,42-43,47,52-54,66,71-72,76H,8-9,16-21,23-28H2,1-7H3,(H2,61,77)(H,62,82)(H,63,84)(H,64,81)(H,65,79)(H,67,78)(H,68,80)(H,69,83)/t30-,31+,32-,34?,35-,37?,42?,43-,47-,52-,53-,54-,88?/m0/s1. The van der Waals surface area contributed by atoms with E-state index < -0.39 is 199 Å². The van der Waals surface area contributed by atoms with Crippen LogP contribution in [0.2, 0.25) is 0 Å². The Kier molecular flexibility index (Phi) is 24.6. The largest absolute Gasteiger partial charge is 0.489 e. The fourth-order valence-electron chi connectivity index (χ4n) is 10.9. The van der Waals surface area contributed by atoms with E-state index in [0.29, 0.717) is 23.1 Å². The molecule has 0 spiro atoms. The van der Waals surface area contributed by atoms with Gasteiger partial charge in [0.1, 0.15) is 29.5 Å². The van der Waals surface area contributed by atoms with Gasteiger partial charge in [0.25, 0.3) is 0 Å². The molecule has 1 saturated heterocycles. The molecule has 4 unspecified atom stereocenters. The number of hydrogen-bond donors (Lipinski definition) is 12. The average molecular weight is 1250 g/mol. The third-order valence-corrected chi connectivity index (χ3v) is 17.8. The number of ketones is 3. The van der Waals surface area contributed by atoms with Crippen LogP contribution in [-0.2, 0) is 81.4 Å². The molecule has 3 aliphatic rings. The van der Waals surface area contributed by atoms with Crippen molar-refractivity contribution < 1.29 is 81.8 Å². The van der Waals surface area contributed by atoms with Gasteiger partial charge in [0.15, 0.2) is 17.3 Å². The lowest BCUT2D eigenvalue weighted by Gasteiger charge is -2.32. The number of aromatic nitrogens is 1. The molecule has 1 fully saturated rings. The zero-order valence-corrected chi connectivity index (χ0v) is 51.3. The third kappa shape index (κ3) is 18.1. The zero-order valence-electron chi connectivity index (χ0n) is 50.4. The number of carbonyl (C=O) groups excluding carboxylic acids is 12. The van der Waals surface area contributed by atoms with Crippen LogP contribution in [0.3, 0.4) is 0 Å². The SMILES string of the molecule is CCC(=O)N[C@H](C(=O)C[C@@H](C)C(=O)Nc1ccc(COc2ccc3c4c([nH]c3c2)S(=O)CC2NC(=O)CNC(=O)[C@H]([C@@H](C)CC)NC(=O)CNC(=O)C(CC(=O)[C@H]([C@@H](C)[C@@H](O)CO)NC(=O)[C@@H]3CC(O)CN3C(=O)[C@H](CC(N)=O)CC2=O)C4)cc1)C(C)C. The topological polar surface area (TPSA) is 421 Å². The van der Waals surface area contributed by atoms with Crippen LogP contribution in [0.5, 0.6) is 5.75 Å². The van der Waals surface area contributed by atoms with Gasteiger partial charge in [0.2, 0.25) is 53.2 Å². The lowest BCUT2D eigenvalue weighted by atomic mass is 9.85. The number of primary amides is 1. The number of carbonyl (C=O) groups is 12. The van der Waals surface area contributed by atoms with Crippen molar-refractivity contribution in [3.05, 3.63) is 53.6 Å². The number of aromatic amines is 1. The maximum absolute atomic E-state index is 15.2. The van der Waals surface area contributed by atoms with Crippen LogP contribution in [0.15, 0.2) is 47.5 Å². The number of Topliss-reactive ketones (excluding diaryl/α,β-unsaturated/α-hetero) is 3. The van der Waals surface area contributed by atoms with Crippen LogP contribution in [-0.4, -0.2) is 174 Å². The number of hydrogen-bond acceptors (Lipinski definition) is 17. The minimum atomic E-state index is -2.39. The molecule has 3 aromatic rings. The molecule has 4 heterocycles. The summed E-state index contributed by atoms with van der Waals surface area (Å²) in [5, 5.41) is 50.3. The Morgan fingerprint density at radius 2 is 1.50 bits per heavy atom. The number of anilines is 1. The van der Waals surface area contributed by atoms with Gasteiger partial charge >= 0.3 is 0 Å². The minimum Gasteiger partial charge on any atom is -0.489 e. The molecule has 13 N–H and O–H groups in total. The molecule has 27 nitrogen and oxygen atoms in total. The number of fused-ring (bicyclic) bond motifs is 5. The highest BCUT2D eigenvalue weighted by atomic mass is 32.2. The predicted octanol–water partition coefficient (Wildman–Crippen LogP) is -0.781. The van der Waals surface area contributed by atoms with E-state index in [1.54, 1.807) is 70.2 Å². The van der Waals surface area contributed by atoms with Crippen LogP contribution in [0.1, 0.15) is 105 Å². The first-order chi connectivity index (χ1) is 41.6. The highest BCUT2D eigenvalue weighted by molar-refractivity contribution is 7.85. The summed E-state index contributed by atoms with van der Waals surface area (Å²) in [6.45, 7) is 8.77. The van der Waals surface area contributed by atoms with E-state index in [-0.39, 0.29) is 65.3 Å². The van der Waals surface area contributed by atoms with Crippen molar-refractivity contribution >= 4 is 97.9 Å². The van der Waals surface area contributed by atoms with Gasteiger partial charge in [0, 0.05) is 80.0 Å². The number of H-pyrrole nitrogens is 1. The highest BCUT2D eigenvalue weighted by Crippen LogP contribution is 2.33. The quantitative estimate of drug-likeness (QED) is 0.0743. The molecule has 28 heteroatoms. The summed E-state index contributed by atoms with van der Waals surface area (Å²) in [6.07, 6.45) is -5.70. The van der Waals surface area contributed by atoms with Gasteiger partial charge < -0.3 is 72.9 Å². The van der Waals surface area contributed by atoms with Gasteiger partial charge in [-0.3, -0.25) is 61.7 Å². The lowest BCUT2D eigenvalue weighted by molar-refractivity contribution is -0.145. The molecule has 2 bridgehead atoms. The normalized spacial score (nSPS) is 24.7. The van der Waals surface area contributed by atoms with Crippen LogP contribution in [0, 0.1) is 35.5 Å². The highest BCUT2D eigenvalue weighted by Gasteiger charge is 2.45. The lowest BCUT2D eigenvalue weighted by Crippen LogP contribution is -2.56. The summed E-state index contributed by atoms with van der Waals surface area (Å²) in [7, 11) is -2.39. The second-order valence-electron chi connectivity index (χ2n) is 23.4. The van der Waals surface area contributed by atoms with Crippen LogP contribution < -0.4 is 47.7 Å². The van der Waals surface area contributed by atoms with Crippen LogP contribution in [0.25, 0.3) is 10.9 Å².